The number of carbonyl (C=O) groups is 2. The van der Waals surface area contributed by atoms with Gasteiger partial charge in [-0.05, 0) is 12.1 Å². The highest BCUT2D eigenvalue weighted by Gasteiger charge is 2.35. The fourth-order valence-electron chi connectivity index (χ4n) is 1.60. The van der Waals surface area contributed by atoms with Gasteiger partial charge >= 0.3 is 5.97 Å². The highest BCUT2D eigenvalue weighted by molar-refractivity contribution is 9.10. The molecule has 2 rings (SSSR count). The average Bonchev–Trinajstić information content (AvgIpc) is 2.57. The monoisotopic (exact) mass is 269 g/mol. The van der Waals surface area contributed by atoms with Crippen LogP contribution in [-0.2, 0) is 9.53 Å². The van der Waals surface area contributed by atoms with E-state index in [9.17, 15) is 9.59 Å². The lowest BCUT2D eigenvalue weighted by Crippen LogP contribution is -2.26. The molecule has 1 aliphatic rings. The smallest absolute Gasteiger partial charge is 0.333 e. The van der Waals surface area contributed by atoms with E-state index < -0.39 is 12.0 Å². The molecule has 1 amide bonds. The highest BCUT2D eigenvalue weighted by Crippen LogP contribution is 2.32. The largest absolute Gasteiger partial charge is 0.467 e. The molecule has 1 heterocycles. The molecule has 0 saturated carbocycles. The van der Waals surface area contributed by atoms with Gasteiger partial charge in [-0.25, -0.2) is 4.79 Å². The summed E-state index contributed by atoms with van der Waals surface area (Å²) >= 11 is 3.31. The summed E-state index contributed by atoms with van der Waals surface area (Å²) < 4.78 is 5.35. The lowest BCUT2D eigenvalue weighted by molar-refractivity contribution is -0.142. The fraction of sp³-hybridized carbons (Fsp3) is 0.200. The van der Waals surface area contributed by atoms with E-state index in [2.05, 4.69) is 26.0 Å². The van der Waals surface area contributed by atoms with E-state index in [4.69, 9.17) is 0 Å². The van der Waals surface area contributed by atoms with Gasteiger partial charge in [0.1, 0.15) is 0 Å². The number of hydrogen-bond acceptors (Lipinski definition) is 3. The van der Waals surface area contributed by atoms with Crippen LogP contribution in [0.4, 0.5) is 0 Å². The Morgan fingerprint density at radius 1 is 1.53 bits per heavy atom. The molecule has 1 aromatic carbocycles. The minimum atomic E-state index is -0.701. The van der Waals surface area contributed by atoms with Gasteiger partial charge in [0.15, 0.2) is 6.04 Å². The second-order valence-corrected chi connectivity index (χ2v) is 3.99. The Hall–Kier alpha value is -1.36. The number of benzene rings is 1. The summed E-state index contributed by atoms with van der Waals surface area (Å²) in [7, 11) is 1.29. The number of rotatable bonds is 1. The van der Waals surface area contributed by atoms with E-state index >= 15 is 0 Å². The third-order valence-electron chi connectivity index (χ3n) is 2.30. The molecular weight excluding hydrogens is 262 g/mol. The zero-order chi connectivity index (χ0) is 11.0. The molecule has 15 heavy (non-hydrogen) atoms. The Balaban J connectivity index is 2.53. The first-order chi connectivity index (χ1) is 7.15. The lowest BCUT2D eigenvalue weighted by Gasteiger charge is -2.09. The average molecular weight is 270 g/mol. The first-order valence-corrected chi connectivity index (χ1v) is 5.11. The first-order valence-electron chi connectivity index (χ1n) is 4.32. The van der Waals surface area contributed by atoms with Crippen molar-refractivity contribution in [3.63, 3.8) is 0 Å². The normalized spacial score (nSPS) is 18.3. The third kappa shape index (κ3) is 1.52. The van der Waals surface area contributed by atoms with Crippen molar-refractivity contribution >= 4 is 27.8 Å². The van der Waals surface area contributed by atoms with Crippen LogP contribution in [0.25, 0.3) is 0 Å². The lowest BCUT2D eigenvalue weighted by atomic mass is 10.1. The van der Waals surface area contributed by atoms with Crippen LogP contribution in [0, 0.1) is 0 Å². The molecule has 0 saturated heterocycles. The van der Waals surface area contributed by atoms with Gasteiger partial charge in [-0.3, -0.25) is 4.79 Å². The maximum Gasteiger partial charge on any atom is 0.333 e. The zero-order valence-electron chi connectivity index (χ0n) is 7.91. The van der Waals surface area contributed by atoms with E-state index in [0.717, 1.165) is 4.47 Å². The van der Waals surface area contributed by atoms with E-state index in [-0.39, 0.29) is 5.91 Å². The summed E-state index contributed by atoms with van der Waals surface area (Å²) in [6.07, 6.45) is 0. The Bertz CT molecular complexity index is 444. The summed E-state index contributed by atoms with van der Waals surface area (Å²) in [6, 6.07) is 4.52. The van der Waals surface area contributed by atoms with Gasteiger partial charge in [-0.2, -0.15) is 0 Å². The van der Waals surface area contributed by atoms with Gasteiger partial charge < -0.3 is 10.1 Å². The minimum Gasteiger partial charge on any atom is -0.467 e. The predicted molar refractivity (Wildman–Crippen MR) is 56.4 cm³/mol. The molecule has 4 nitrogen and oxygen atoms in total. The highest BCUT2D eigenvalue weighted by atomic mass is 79.9. The Morgan fingerprint density at radius 2 is 2.27 bits per heavy atom. The number of esters is 1. The molecule has 0 aromatic heterocycles. The van der Waals surface area contributed by atoms with Gasteiger partial charge in [0.05, 0.1) is 7.11 Å². The summed E-state index contributed by atoms with van der Waals surface area (Å²) in [6.45, 7) is 0. The van der Waals surface area contributed by atoms with Gasteiger partial charge in [0.25, 0.3) is 5.91 Å². The van der Waals surface area contributed by atoms with E-state index in [1.54, 1.807) is 18.2 Å². The van der Waals surface area contributed by atoms with Gasteiger partial charge in [-0.1, -0.05) is 22.0 Å². The molecule has 0 fully saturated rings. The zero-order valence-corrected chi connectivity index (χ0v) is 9.50. The molecule has 1 atom stereocenters. The second kappa shape index (κ2) is 3.66. The van der Waals surface area contributed by atoms with Crippen molar-refractivity contribution in [2.45, 2.75) is 6.04 Å². The van der Waals surface area contributed by atoms with Crippen molar-refractivity contribution < 1.29 is 14.3 Å². The summed E-state index contributed by atoms with van der Waals surface area (Å²) in [4.78, 5) is 22.9. The SMILES string of the molecule is COC(=O)C1NC(=O)c2cccc(Br)c21. The van der Waals surface area contributed by atoms with Crippen LogP contribution < -0.4 is 5.32 Å². The van der Waals surface area contributed by atoms with Crippen molar-refractivity contribution in [2.75, 3.05) is 7.11 Å². The molecule has 0 spiro atoms. The molecule has 0 radical (unpaired) electrons. The van der Waals surface area contributed by atoms with E-state index in [1.165, 1.54) is 7.11 Å². The van der Waals surface area contributed by atoms with E-state index in [1.807, 2.05) is 0 Å². The third-order valence-corrected chi connectivity index (χ3v) is 2.99. The maximum absolute atomic E-state index is 11.5. The number of carbonyl (C=O) groups excluding carboxylic acids is 2. The second-order valence-electron chi connectivity index (χ2n) is 3.13. The number of nitrogens with one attached hydrogen (secondary N) is 1. The van der Waals surface area contributed by atoms with Gasteiger partial charge in [-0.15, -0.1) is 0 Å². The van der Waals surface area contributed by atoms with E-state index in [0.29, 0.717) is 11.1 Å². The molecule has 0 bridgehead atoms. The van der Waals surface area contributed by atoms with Crippen LogP contribution in [0.15, 0.2) is 22.7 Å². The van der Waals surface area contributed by atoms with Crippen molar-refractivity contribution in [3.8, 4) is 0 Å². The first kappa shape index (κ1) is 10.2. The molecule has 1 aliphatic heterocycles. The van der Waals surface area contributed by atoms with Crippen LogP contribution in [0.2, 0.25) is 0 Å². The molecule has 5 heteroatoms. The molecule has 1 N–H and O–H groups in total. The van der Waals surface area contributed by atoms with Crippen molar-refractivity contribution in [1.29, 1.82) is 0 Å². The number of amides is 1. The van der Waals surface area contributed by atoms with Crippen LogP contribution in [0.1, 0.15) is 22.0 Å². The summed E-state index contributed by atoms with van der Waals surface area (Å²) in [5.74, 6) is -0.712. The van der Waals surface area contributed by atoms with Crippen molar-refractivity contribution in [1.82, 2.24) is 5.32 Å². The predicted octanol–water partition coefficient (Wildman–Crippen LogP) is 1.41. The van der Waals surface area contributed by atoms with Crippen LogP contribution in [0.3, 0.4) is 0 Å². The number of ether oxygens (including phenoxy) is 1. The molecule has 78 valence electrons. The molecule has 0 aliphatic carbocycles. The number of methoxy groups -OCH3 is 1. The topological polar surface area (TPSA) is 55.4 Å². The minimum absolute atomic E-state index is 0.248. The number of fused-ring (bicyclic) bond motifs is 1. The summed E-state index contributed by atoms with van der Waals surface area (Å²) in [5.41, 5.74) is 1.16. The van der Waals surface area contributed by atoms with Crippen molar-refractivity contribution in [3.05, 3.63) is 33.8 Å². The maximum atomic E-state index is 11.5. The molecular formula is C10H8BrNO3. The van der Waals surface area contributed by atoms with Gasteiger partial charge in [0.2, 0.25) is 0 Å². The van der Waals surface area contributed by atoms with Crippen LogP contribution >= 0.6 is 15.9 Å². The fourth-order valence-corrected chi connectivity index (χ4v) is 2.20. The number of halogens is 1. The molecule has 1 unspecified atom stereocenters. The summed E-state index contributed by atoms with van der Waals surface area (Å²) in [5, 5.41) is 2.57. The standard InChI is InChI=1S/C10H8BrNO3/c1-15-10(14)8-7-5(9(13)12-8)3-2-4-6(7)11/h2-4,8H,1H3,(H,12,13). The Kier molecular flexibility index (Phi) is 2.48. The number of hydrogen-bond donors (Lipinski definition) is 1. The Labute approximate surface area is 94.7 Å². The van der Waals surface area contributed by atoms with Crippen LogP contribution in [-0.4, -0.2) is 19.0 Å². The quantitative estimate of drug-likeness (QED) is 0.785. The van der Waals surface area contributed by atoms with Crippen LogP contribution in [0.5, 0.6) is 0 Å². The van der Waals surface area contributed by atoms with Gasteiger partial charge in [0, 0.05) is 15.6 Å². The molecule has 1 aromatic rings. The Morgan fingerprint density at radius 3 is 2.93 bits per heavy atom. The van der Waals surface area contributed by atoms with Crippen molar-refractivity contribution in [2.24, 2.45) is 0 Å².